The number of hydrogen-bond acceptors (Lipinski definition) is 1. The van der Waals surface area contributed by atoms with E-state index in [9.17, 15) is 0 Å². The van der Waals surface area contributed by atoms with E-state index in [0.29, 0.717) is 0 Å². The summed E-state index contributed by atoms with van der Waals surface area (Å²) in [6, 6.07) is 0. The van der Waals surface area contributed by atoms with E-state index >= 15 is 0 Å². The topological polar surface area (TPSA) is 12.0 Å². The summed E-state index contributed by atoms with van der Waals surface area (Å²) in [7, 11) is 0. The average Bonchev–Trinajstić information content (AvgIpc) is 2.43. The van der Waals surface area contributed by atoms with Gasteiger partial charge in [-0.25, -0.2) is 0 Å². The molecule has 1 N–H and O–H groups in total. The molecule has 0 spiro atoms. The molecule has 1 nitrogen and oxygen atoms in total. The van der Waals surface area contributed by atoms with Gasteiger partial charge in [0.25, 0.3) is 0 Å². The van der Waals surface area contributed by atoms with Crippen LogP contribution in [-0.2, 0) is 0 Å². The van der Waals surface area contributed by atoms with Gasteiger partial charge in [0.15, 0.2) is 0 Å². The number of halogens is 1. The molecule has 0 amide bonds. The predicted molar refractivity (Wildman–Crippen MR) is 104 cm³/mol. The highest BCUT2D eigenvalue weighted by Crippen LogP contribution is 2.11. The molecule has 0 saturated heterocycles. The van der Waals surface area contributed by atoms with E-state index in [2.05, 4.69) is 32.2 Å². The summed E-state index contributed by atoms with van der Waals surface area (Å²) in [6.45, 7) is 8.83. The molecule has 0 aliphatic heterocycles. The highest BCUT2D eigenvalue weighted by atomic mass is 79.9. The number of hydrogen-bond donors (Lipinski definition) is 1. The zero-order valence-electron chi connectivity index (χ0n) is 14.9. The van der Waals surface area contributed by atoms with Crippen molar-refractivity contribution < 1.29 is 0 Å². The fourth-order valence-corrected chi connectivity index (χ4v) is 2.47. The van der Waals surface area contributed by atoms with Gasteiger partial charge in [-0.05, 0) is 26.8 Å². The van der Waals surface area contributed by atoms with Crippen molar-refractivity contribution in [3.8, 4) is 0 Å². The van der Waals surface area contributed by atoms with E-state index in [0.717, 1.165) is 6.54 Å². The molecule has 0 fully saturated rings. The smallest absolute Gasteiger partial charge is 0.0137 e. The van der Waals surface area contributed by atoms with Crippen LogP contribution in [0.2, 0.25) is 0 Å². The molecule has 0 aromatic heterocycles. The summed E-state index contributed by atoms with van der Waals surface area (Å²) in [4.78, 5) is 0. The van der Waals surface area contributed by atoms with Crippen molar-refractivity contribution >= 4 is 17.0 Å². The Labute approximate surface area is 145 Å². The van der Waals surface area contributed by atoms with Crippen LogP contribution in [0, 0.1) is 0 Å². The Morgan fingerprint density at radius 2 is 1.14 bits per heavy atom. The first-order valence-electron chi connectivity index (χ1n) is 9.11. The second-order valence-electron chi connectivity index (χ2n) is 6.37. The van der Waals surface area contributed by atoms with Gasteiger partial charge in [-0.3, -0.25) is 0 Å². The summed E-state index contributed by atoms with van der Waals surface area (Å²) < 4.78 is 0. The van der Waals surface area contributed by atoms with Crippen LogP contribution < -0.4 is 5.32 Å². The van der Waals surface area contributed by atoms with Gasteiger partial charge in [0.1, 0.15) is 0 Å². The highest BCUT2D eigenvalue weighted by Gasteiger charge is 1.93. The lowest BCUT2D eigenvalue weighted by Crippen LogP contribution is -2.15. The lowest BCUT2D eigenvalue weighted by molar-refractivity contribution is 0.539. The summed E-state index contributed by atoms with van der Waals surface area (Å²) >= 11 is 0. The molecule has 0 radical (unpaired) electrons. The van der Waals surface area contributed by atoms with E-state index < -0.39 is 0 Å². The Balaban J connectivity index is 0. The fraction of sp³-hybridized carbons (Fsp3) is 0.895. The zero-order chi connectivity index (χ0) is 14.9. The highest BCUT2D eigenvalue weighted by molar-refractivity contribution is 8.93. The molecule has 128 valence electrons. The summed E-state index contributed by atoms with van der Waals surface area (Å²) in [6.07, 6.45) is 19.5. The summed E-state index contributed by atoms with van der Waals surface area (Å²) in [5, 5.41) is 3.48. The molecule has 0 aromatic carbocycles. The van der Waals surface area contributed by atoms with Crippen LogP contribution in [0.3, 0.4) is 0 Å². The van der Waals surface area contributed by atoms with Gasteiger partial charge in [-0.15, -0.1) is 17.0 Å². The van der Waals surface area contributed by atoms with Gasteiger partial charge >= 0.3 is 0 Å². The Hall–Kier alpha value is 0.180. The average molecular weight is 362 g/mol. The van der Waals surface area contributed by atoms with Crippen LogP contribution in [0.25, 0.3) is 0 Å². The quantitative estimate of drug-likeness (QED) is 0.249. The lowest BCUT2D eigenvalue weighted by atomic mass is 10.1. The van der Waals surface area contributed by atoms with Crippen molar-refractivity contribution in [1.82, 2.24) is 5.32 Å². The normalized spacial score (nSPS) is 10.2. The van der Waals surface area contributed by atoms with E-state index in [1.807, 2.05) is 0 Å². The maximum Gasteiger partial charge on any atom is 0.0137 e. The van der Waals surface area contributed by atoms with Gasteiger partial charge in [-0.2, -0.15) is 0 Å². The molecule has 21 heavy (non-hydrogen) atoms. The molecular weight excluding hydrogens is 322 g/mol. The predicted octanol–water partition coefficient (Wildman–Crippen LogP) is 6.82. The Morgan fingerprint density at radius 3 is 1.57 bits per heavy atom. The summed E-state index contributed by atoms with van der Waals surface area (Å²) in [5.74, 6) is 0. The van der Waals surface area contributed by atoms with Crippen LogP contribution in [0.4, 0.5) is 0 Å². The van der Waals surface area contributed by atoms with Gasteiger partial charge < -0.3 is 5.32 Å². The van der Waals surface area contributed by atoms with Crippen LogP contribution in [-0.4, -0.2) is 13.1 Å². The van der Waals surface area contributed by atoms with E-state index in [1.165, 1.54) is 89.2 Å². The minimum atomic E-state index is 0. The molecule has 0 rings (SSSR count). The standard InChI is InChI=1S/C19H39N.BrH/c1-4-5-6-7-8-9-10-11-12-13-14-15-17-20-18-16-19(2)3;/h16,20H,4-15,17-18H2,1-3H3;1H. The van der Waals surface area contributed by atoms with E-state index in [1.54, 1.807) is 0 Å². The van der Waals surface area contributed by atoms with Crippen molar-refractivity contribution in [2.45, 2.75) is 97.8 Å². The van der Waals surface area contributed by atoms with Crippen molar-refractivity contribution in [3.63, 3.8) is 0 Å². The van der Waals surface area contributed by atoms with Gasteiger partial charge in [-0.1, -0.05) is 89.2 Å². The van der Waals surface area contributed by atoms with Crippen molar-refractivity contribution in [2.24, 2.45) is 0 Å². The first-order chi connectivity index (χ1) is 9.77. The minimum absolute atomic E-state index is 0. The van der Waals surface area contributed by atoms with Crippen LogP contribution in [0.1, 0.15) is 97.8 Å². The SMILES string of the molecule is Br.CCCCCCCCCCCCCCNCC=C(C)C. The number of rotatable bonds is 15. The molecule has 0 bridgehead atoms. The second kappa shape index (κ2) is 20.2. The third kappa shape index (κ3) is 22.6. The number of allylic oxidation sites excluding steroid dienone is 1. The maximum atomic E-state index is 3.48. The third-order valence-electron chi connectivity index (χ3n) is 3.86. The lowest BCUT2D eigenvalue weighted by Gasteiger charge is -2.03. The third-order valence-corrected chi connectivity index (χ3v) is 3.86. The molecule has 0 saturated carbocycles. The Kier molecular flexibility index (Phi) is 22.5. The fourth-order valence-electron chi connectivity index (χ4n) is 2.47. The van der Waals surface area contributed by atoms with Gasteiger partial charge in [0.2, 0.25) is 0 Å². The van der Waals surface area contributed by atoms with Crippen LogP contribution >= 0.6 is 17.0 Å². The molecule has 0 atom stereocenters. The van der Waals surface area contributed by atoms with Gasteiger partial charge in [0.05, 0.1) is 0 Å². The van der Waals surface area contributed by atoms with E-state index in [4.69, 9.17) is 0 Å². The molecule has 0 heterocycles. The first kappa shape index (κ1) is 23.4. The number of unbranched alkanes of at least 4 members (excludes halogenated alkanes) is 11. The summed E-state index contributed by atoms with van der Waals surface area (Å²) in [5.41, 5.74) is 1.41. The van der Waals surface area contributed by atoms with Crippen molar-refractivity contribution in [2.75, 3.05) is 13.1 Å². The maximum absolute atomic E-state index is 3.48. The largest absolute Gasteiger partial charge is 0.313 e. The molecule has 0 aliphatic carbocycles. The van der Waals surface area contributed by atoms with Crippen molar-refractivity contribution in [1.29, 1.82) is 0 Å². The second-order valence-corrected chi connectivity index (χ2v) is 6.37. The van der Waals surface area contributed by atoms with Crippen molar-refractivity contribution in [3.05, 3.63) is 11.6 Å². The molecule has 2 heteroatoms. The van der Waals surface area contributed by atoms with E-state index in [-0.39, 0.29) is 17.0 Å². The molecule has 0 aromatic rings. The Bertz CT molecular complexity index is 210. The minimum Gasteiger partial charge on any atom is -0.313 e. The molecule has 0 unspecified atom stereocenters. The van der Waals surface area contributed by atoms with Crippen LogP contribution in [0.15, 0.2) is 11.6 Å². The zero-order valence-corrected chi connectivity index (χ0v) is 16.6. The van der Waals surface area contributed by atoms with Gasteiger partial charge in [0, 0.05) is 6.54 Å². The first-order valence-corrected chi connectivity index (χ1v) is 9.11. The molecule has 0 aliphatic rings. The monoisotopic (exact) mass is 361 g/mol. The number of nitrogens with one attached hydrogen (secondary N) is 1. The molecular formula is C19H40BrN. The van der Waals surface area contributed by atoms with Crippen LogP contribution in [0.5, 0.6) is 0 Å². The Morgan fingerprint density at radius 1 is 0.714 bits per heavy atom.